The molecule has 7 nitrogen and oxygen atoms in total. The van der Waals surface area contributed by atoms with Crippen LogP contribution >= 0.6 is 11.3 Å². The first-order valence-electron chi connectivity index (χ1n) is 9.49. The largest absolute Gasteiger partial charge is 0.348 e. The third-order valence-corrected chi connectivity index (χ3v) is 7.30. The Bertz CT molecular complexity index is 1250. The number of hydrogen-bond donors (Lipinski definition) is 2. The molecule has 2 N–H and O–H groups in total. The molecule has 31 heavy (non-hydrogen) atoms. The topological polar surface area (TPSA) is 93.1 Å². The molecule has 0 saturated carbocycles. The summed E-state index contributed by atoms with van der Waals surface area (Å²) in [4.78, 5) is 12.5. The van der Waals surface area contributed by atoms with Gasteiger partial charge >= 0.3 is 0 Å². The van der Waals surface area contributed by atoms with E-state index in [1.165, 1.54) is 12.1 Å². The van der Waals surface area contributed by atoms with Gasteiger partial charge in [0.2, 0.25) is 0 Å². The number of rotatable bonds is 8. The molecule has 0 aliphatic rings. The van der Waals surface area contributed by atoms with E-state index in [0.29, 0.717) is 24.3 Å². The summed E-state index contributed by atoms with van der Waals surface area (Å²) in [7, 11) is -3.66. The van der Waals surface area contributed by atoms with Crippen LogP contribution < -0.4 is 10.0 Å². The Morgan fingerprint density at radius 3 is 2.52 bits per heavy atom. The number of carbonyl (C=O) groups excluding carboxylic acids is 1. The summed E-state index contributed by atoms with van der Waals surface area (Å²) in [5, 5.41) is 8.75. The Labute approximate surface area is 184 Å². The Kier molecular flexibility index (Phi) is 6.15. The quantitative estimate of drug-likeness (QED) is 0.426. The number of aromatic nitrogens is 2. The number of amides is 1. The summed E-state index contributed by atoms with van der Waals surface area (Å²) in [5.41, 5.74) is 2.79. The zero-order valence-electron chi connectivity index (χ0n) is 16.4. The van der Waals surface area contributed by atoms with E-state index in [4.69, 9.17) is 0 Å². The average molecular weight is 453 g/mol. The van der Waals surface area contributed by atoms with Crippen LogP contribution in [0.2, 0.25) is 0 Å². The molecule has 0 bridgehead atoms. The Hall–Kier alpha value is -3.43. The van der Waals surface area contributed by atoms with Gasteiger partial charge in [0.15, 0.2) is 0 Å². The third-order valence-electron chi connectivity index (χ3n) is 4.52. The van der Waals surface area contributed by atoms with Crippen molar-refractivity contribution < 1.29 is 13.2 Å². The van der Waals surface area contributed by atoms with Gasteiger partial charge in [-0.05, 0) is 46.8 Å². The van der Waals surface area contributed by atoms with Gasteiger partial charge in [-0.15, -0.1) is 11.3 Å². The second-order valence-corrected chi connectivity index (χ2v) is 9.68. The zero-order chi connectivity index (χ0) is 21.7. The fourth-order valence-corrected chi connectivity index (χ4v) is 5.02. The van der Waals surface area contributed by atoms with E-state index in [9.17, 15) is 13.2 Å². The normalized spacial score (nSPS) is 11.2. The van der Waals surface area contributed by atoms with Crippen molar-refractivity contribution in [1.29, 1.82) is 0 Å². The van der Waals surface area contributed by atoms with Crippen molar-refractivity contribution in [3.8, 4) is 0 Å². The van der Waals surface area contributed by atoms with E-state index < -0.39 is 10.0 Å². The highest BCUT2D eigenvalue weighted by atomic mass is 32.2. The standard InChI is InChI=1S/C22H20N4O3S2/c27-22(23-15-17-7-9-18(10-8-17)16-26-12-3-11-24-26)19-4-1-5-20(14-19)25-31(28,29)21-6-2-13-30-21/h1-14,25H,15-16H2,(H,23,27). The fourth-order valence-electron chi connectivity index (χ4n) is 2.97. The number of nitrogens with zero attached hydrogens (tertiary/aromatic N) is 2. The Balaban J connectivity index is 1.36. The van der Waals surface area contributed by atoms with Gasteiger partial charge in [0, 0.05) is 30.2 Å². The maximum Gasteiger partial charge on any atom is 0.271 e. The highest BCUT2D eigenvalue weighted by Gasteiger charge is 2.16. The molecule has 0 unspecified atom stereocenters. The molecular weight excluding hydrogens is 432 g/mol. The Morgan fingerprint density at radius 2 is 1.81 bits per heavy atom. The molecule has 0 saturated heterocycles. The molecule has 2 heterocycles. The molecule has 9 heteroatoms. The van der Waals surface area contributed by atoms with Crippen LogP contribution in [-0.4, -0.2) is 24.1 Å². The van der Waals surface area contributed by atoms with Crippen molar-refractivity contribution in [3.63, 3.8) is 0 Å². The van der Waals surface area contributed by atoms with Crippen LogP contribution in [0.4, 0.5) is 5.69 Å². The molecule has 0 aliphatic heterocycles. The lowest BCUT2D eigenvalue weighted by atomic mass is 10.1. The number of sulfonamides is 1. The second-order valence-electron chi connectivity index (χ2n) is 6.82. The van der Waals surface area contributed by atoms with Gasteiger partial charge in [0.05, 0.1) is 6.54 Å². The van der Waals surface area contributed by atoms with Crippen molar-refractivity contribution >= 4 is 33.0 Å². The molecule has 0 aliphatic carbocycles. The van der Waals surface area contributed by atoms with E-state index in [1.807, 2.05) is 41.2 Å². The molecule has 0 atom stereocenters. The molecule has 0 radical (unpaired) electrons. The van der Waals surface area contributed by atoms with E-state index in [2.05, 4.69) is 15.1 Å². The smallest absolute Gasteiger partial charge is 0.271 e. The second kappa shape index (κ2) is 9.15. The third kappa shape index (κ3) is 5.39. The lowest BCUT2D eigenvalue weighted by molar-refractivity contribution is 0.0951. The molecule has 2 aromatic carbocycles. The lowest BCUT2D eigenvalue weighted by Gasteiger charge is -2.10. The molecule has 1 amide bonds. The SMILES string of the molecule is O=C(NCc1ccc(Cn2cccn2)cc1)c1cccc(NS(=O)(=O)c2cccs2)c1. The fraction of sp³-hybridized carbons (Fsp3) is 0.0909. The molecular formula is C22H20N4O3S2. The number of nitrogens with one attached hydrogen (secondary N) is 2. The van der Waals surface area contributed by atoms with E-state index in [1.54, 1.807) is 35.8 Å². The summed E-state index contributed by atoms with van der Waals surface area (Å²) < 4.78 is 29.3. The van der Waals surface area contributed by atoms with Crippen LogP contribution in [0.15, 0.2) is 88.7 Å². The highest BCUT2D eigenvalue weighted by molar-refractivity contribution is 7.94. The maximum atomic E-state index is 12.5. The van der Waals surface area contributed by atoms with Gasteiger partial charge in [-0.1, -0.05) is 36.4 Å². The monoisotopic (exact) mass is 452 g/mol. The minimum Gasteiger partial charge on any atom is -0.348 e. The zero-order valence-corrected chi connectivity index (χ0v) is 18.1. The summed E-state index contributed by atoms with van der Waals surface area (Å²) in [6, 6.07) is 19.4. The van der Waals surface area contributed by atoms with E-state index in [-0.39, 0.29) is 10.1 Å². The lowest BCUT2D eigenvalue weighted by Crippen LogP contribution is -2.23. The van der Waals surface area contributed by atoms with Crippen LogP contribution in [0.1, 0.15) is 21.5 Å². The van der Waals surface area contributed by atoms with Crippen LogP contribution in [0.3, 0.4) is 0 Å². The molecule has 0 fully saturated rings. The van der Waals surface area contributed by atoms with Gasteiger partial charge in [-0.2, -0.15) is 5.10 Å². The molecule has 4 aromatic rings. The molecule has 2 aromatic heterocycles. The van der Waals surface area contributed by atoms with Crippen molar-refractivity contribution in [3.05, 3.63) is 101 Å². The van der Waals surface area contributed by atoms with Crippen LogP contribution in [0.25, 0.3) is 0 Å². The first-order valence-corrected chi connectivity index (χ1v) is 11.9. The van der Waals surface area contributed by atoms with Crippen LogP contribution in [0, 0.1) is 0 Å². The maximum absolute atomic E-state index is 12.5. The average Bonchev–Trinajstić information content (AvgIpc) is 3.48. The van der Waals surface area contributed by atoms with Gasteiger partial charge in [0.25, 0.3) is 15.9 Å². The predicted molar refractivity (Wildman–Crippen MR) is 121 cm³/mol. The van der Waals surface area contributed by atoms with Crippen molar-refractivity contribution in [2.45, 2.75) is 17.3 Å². The van der Waals surface area contributed by atoms with Crippen molar-refractivity contribution in [2.75, 3.05) is 4.72 Å². The number of anilines is 1. The van der Waals surface area contributed by atoms with Crippen LogP contribution in [-0.2, 0) is 23.1 Å². The van der Waals surface area contributed by atoms with Gasteiger partial charge in [0.1, 0.15) is 4.21 Å². The first kappa shape index (κ1) is 20.8. The first-order chi connectivity index (χ1) is 15.0. The molecule has 0 spiro atoms. The summed E-state index contributed by atoms with van der Waals surface area (Å²) in [6.45, 7) is 1.06. The van der Waals surface area contributed by atoms with Crippen molar-refractivity contribution in [1.82, 2.24) is 15.1 Å². The van der Waals surface area contributed by atoms with Crippen molar-refractivity contribution in [2.24, 2.45) is 0 Å². The molecule has 4 rings (SSSR count). The molecule has 158 valence electrons. The van der Waals surface area contributed by atoms with E-state index >= 15 is 0 Å². The number of carbonyl (C=O) groups is 1. The minimum absolute atomic E-state index is 0.221. The summed E-state index contributed by atoms with van der Waals surface area (Å²) >= 11 is 1.13. The minimum atomic E-state index is -3.66. The van der Waals surface area contributed by atoms with Crippen LogP contribution in [0.5, 0.6) is 0 Å². The Morgan fingerprint density at radius 1 is 1.00 bits per heavy atom. The summed E-state index contributed by atoms with van der Waals surface area (Å²) in [6.07, 6.45) is 3.65. The number of hydrogen-bond acceptors (Lipinski definition) is 5. The number of thiophene rings is 1. The van der Waals surface area contributed by atoms with Gasteiger partial charge in [-0.25, -0.2) is 8.42 Å². The predicted octanol–water partition coefficient (Wildman–Crippen LogP) is 3.72. The van der Waals surface area contributed by atoms with Gasteiger partial charge in [-0.3, -0.25) is 14.2 Å². The highest BCUT2D eigenvalue weighted by Crippen LogP contribution is 2.21. The van der Waals surface area contributed by atoms with E-state index in [0.717, 1.165) is 22.5 Å². The summed E-state index contributed by atoms with van der Waals surface area (Å²) in [5.74, 6) is -0.280. The van der Waals surface area contributed by atoms with Gasteiger partial charge < -0.3 is 5.32 Å². The number of benzene rings is 2.